The number of hydrogen-bond acceptors (Lipinski definition) is 3. The minimum Gasteiger partial charge on any atom is -0.497 e. The molecule has 0 aliphatic carbocycles. The number of carbonyl (C=O) groups is 2. The third-order valence-corrected chi connectivity index (χ3v) is 3.93. The summed E-state index contributed by atoms with van der Waals surface area (Å²) in [5.74, 6) is 0.0952. The minimum absolute atomic E-state index is 0.165. The molecule has 0 unspecified atom stereocenters. The third kappa shape index (κ3) is 6.20. The molecule has 1 atom stereocenters. The van der Waals surface area contributed by atoms with Gasteiger partial charge in [-0.1, -0.05) is 24.3 Å². The van der Waals surface area contributed by atoms with E-state index in [1.165, 1.54) is 19.1 Å². The zero-order chi connectivity index (χ0) is 18.9. The Morgan fingerprint density at radius 2 is 1.73 bits per heavy atom. The van der Waals surface area contributed by atoms with Gasteiger partial charge in [0, 0.05) is 19.9 Å². The molecule has 0 aromatic heterocycles. The Hall–Kier alpha value is -2.89. The van der Waals surface area contributed by atoms with Gasteiger partial charge in [-0.2, -0.15) is 0 Å². The molecule has 5 nitrogen and oxygen atoms in total. The van der Waals surface area contributed by atoms with Gasteiger partial charge in [-0.25, -0.2) is 4.39 Å². The van der Waals surface area contributed by atoms with Gasteiger partial charge < -0.3 is 15.4 Å². The molecule has 2 aromatic rings. The van der Waals surface area contributed by atoms with Crippen LogP contribution in [0.1, 0.15) is 30.5 Å². The Morgan fingerprint density at radius 1 is 1.08 bits per heavy atom. The summed E-state index contributed by atoms with van der Waals surface area (Å²) in [6.07, 6.45) is 0.716. The SMILES string of the molecule is COc1ccc([C@H](Cc2ccc(F)cc2)NC(=O)CCNC(C)=O)cc1. The molecular formula is C20H23FN2O3. The van der Waals surface area contributed by atoms with Crippen LogP contribution >= 0.6 is 0 Å². The maximum Gasteiger partial charge on any atom is 0.222 e. The van der Waals surface area contributed by atoms with Gasteiger partial charge in [-0.15, -0.1) is 0 Å². The molecule has 2 aromatic carbocycles. The van der Waals surface area contributed by atoms with Crippen LogP contribution in [0.4, 0.5) is 4.39 Å². The van der Waals surface area contributed by atoms with Crippen LogP contribution in [0.3, 0.4) is 0 Å². The van der Waals surface area contributed by atoms with Crippen molar-refractivity contribution in [2.45, 2.75) is 25.8 Å². The summed E-state index contributed by atoms with van der Waals surface area (Å²) in [5, 5.41) is 5.59. The van der Waals surface area contributed by atoms with Gasteiger partial charge in [0.25, 0.3) is 0 Å². The normalized spacial score (nSPS) is 11.5. The van der Waals surface area contributed by atoms with Gasteiger partial charge in [0.2, 0.25) is 11.8 Å². The van der Waals surface area contributed by atoms with E-state index < -0.39 is 0 Å². The van der Waals surface area contributed by atoms with E-state index in [0.29, 0.717) is 6.42 Å². The summed E-state index contributed by atoms with van der Waals surface area (Å²) >= 11 is 0. The number of hydrogen-bond donors (Lipinski definition) is 2. The topological polar surface area (TPSA) is 67.4 Å². The number of amides is 2. The first kappa shape index (κ1) is 19.4. The standard InChI is InChI=1S/C20H23FN2O3/c1-14(24)22-12-11-20(25)23-19(13-15-3-7-17(21)8-4-15)16-5-9-18(26-2)10-6-16/h3-10,19H,11-13H2,1-2H3,(H,22,24)(H,23,25)/t19-/m0/s1. The van der Waals surface area contributed by atoms with Crippen LogP contribution in [0.25, 0.3) is 0 Å². The molecule has 26 heavy (non-hydrogen) atoms. The van der Waals surface area contributed by atoms with Crippen molar-refractivity contribution in [3.8, 4) is 5.75 Å². The molecule has 0 heterocycles. The van der Waals surface area contributed by atoms with Gasteiger partial charge in [-0.05, 0) is 41.8 Å². The molecule has 6 heteroatoms. The number of halogens is 1. The molecular weight excluding hydrogens is 335 g/mol. The Bertz CT molecular complexity index is 730. The molecule has 0 fully saturated rings. The molecule has 0 saturated carbocycles. The zero-order valence-corrected chi connectivity index (χ0v) is 14.9. The summed E-state index contributed by atoms with van der Waals surface area (Å²) in [6, 6.07) is 13.4. The van der Waals surface area contributed by atoms with E-state index in [0.717, 1.165) is 16.9 Å². The molecule has 2 rings (SSSR count). The van der Waals surface area contributed by atoms with Crippen LogP contribution in [-0.4, -0.2) is 25.5 Å². The number of ether oxygens (including phenoxy) is 1. The second kappa shape index (κ2) is 9.56. The van der Waals surface area contributed by atoms with Gasteiger partial charge in [0.05, 0.1) is 13.2 Å². The van der Waals surface area contributed by atoms with Gasteiger partial charge in [0.1, 0.15) is 11.6 Å². The first-order chi connectivity index (χ1) is 12.5. The van der Waals surface area contributed by atoms with Gasteiger partial charge in [-0.3, -0.25) is 9.59 Å². The lowest BCUT2D eigenvalue weighted by Crippen LogP contribution is -2.33. The Labute approximate surface area is 152 Å². The van der Waals surface area contributed by atoms with Crippen LogP contribution in [0.2, 0.25) is 0 Å². The summed E-state index contributed by atoms with van der Waals surface area (Å²) in [7, 11) is 1.59. The average molecular weight is 358 g/mol. The summed E-state index contributed by atoms with van der Waals surface area (Å²) < 4.78 is 18.3. The lowest BCUT2D eigenvalue weighted by molar-refractivity contribution is -0.122. The number of methoxy groups -OCH3 is 1. The van der Waals surface area contributed by atoms with Crippen LogP contribution in [0.15, 0.2) is 48.5 Å². The van der Waals surface area contributed by atoms with Crippen molar-refractivity contribution in [2.75, 3.05) is 13.7 Å². The second-order valence-corrected chi connectivity index (χ2v) is 5.96. The van der Waals surface area contributed by atoms with Crippen LogP contribution in [-0.2, 0) is 16.0 Å². The predicted octanol–water partition coefficient (Wildman–Crippen LogP) is 2.76. The minimum atomic E-state index is -0.297. The second-order valence-electron chi connectivity index (χ2n) is 5.96. The van der Waals surface area contributed by atoms with Crippen LogP contribution in [0, 0.1) is 5.82 Å². The monoisotopic (exact) mass is 358 g/mol. The smallest absolute Gasteiger partial charge is 0.222 e. The zero-order valence-electron chi connectivity index (χ0n) is 14.9. The van der Waals surface area contributed by atoms with Crippen molar-refractivity contribution in [3.63, 3.8) is 0 Å². The number of nitrogens with one attached hydrogen (secondary N) is 2. The fourth-order valence-corrected chi connectivity index (χ4v) is 2.56. The fraction of sp³-hybridized carbons (Fsp3) is 0.300. The number of rotatable bonds is 8. The van der Waals surface area contributed by atoms with Crippen molar-refractivity contribution in [1.82, 2.24) is 10.6 Å². The lowest BCUT2D eigenvalue weighted by atomic mass is 9.98. The highest BCUT2D eigenvalue weighted by molar-refractivity contribution is 5.78. The van der Waals surface area contributed by atoms with E-state index in [1.807, 2.05) is 24.3 Å². The third-order valence-electron chi connectivity index (χ3n) is 3.93. The molecule has 0 spiro atoms. The van der Waals surface area contributed by atoms with Gasteiger partial charge >= 0.3 is 0 Å². The van der Waals surface area contributed by atoms with E-state index >= 15 is 0 Å². The first-order valence-corrected chi connectivity index (χ1v) is 8.40. The number of carbonyl (C=O) groups excluding carboxylic acids is 2. The average Bonchev–Trinajstić information content (AvgIpc) is 2.63. The molecule has 2 amide bonds. The van der Waals surface area contributed by atoms with Crippen LogP contribution in [0.5, 0.6) is 5.75 Å². The molecule has 0 aliphatic rings. The molecule has 138 valence electrons. The van der Waals surface area contributed by atoms with E-state index in [2.05, 4.69) is 10.6 Å². The van der Waals surface area contributed by atoms with E-state index in [-0.39, 0.29) is 36.6 Å². The highest BCUT2D eigenvalue weighted by atomic mass is 19.1. The highest BCUT2D eigenvalue weighted by Gasteiger charge is 2.16. The van der Waals surface area contributed by atoms with Crippen molar-refractivity contribution in [1.29, 1.82) is 0 Å². The van der Waals surface area contributed by atoms with E-state index in [1.54, 1.807) is 19.2 Å². The molecule has 0 aliphatic heterocycles. The Morgan fingerprint density at radius 3 is 2.31 bits per heavy atom. The predicted molar refractivity (Wildman–Crippen MR) is 97.3 cm³/mol. The van der Waals surface area contributed by atoms with E-state index in [9.17, 15) is 14.0 Å². The van der Waals surface area contributed by atoms with Crippen molar-refractivity contribution < 1.29 is 18.7 Å². The van der Waals surface area contributed by atoms with Crippen LogP contribution < -0.4 is 15.4 Å². The lowest BCUT2D eigenvalue weighted by Gasteiger charge is -2.20. The van der Waals surface area contributed by atoms with Crippen molar-refractivity contribution in [2.24, 2.45) is 0 Å². The summed E-state index contributed by atoms with van der Waals surface area (Å²) in [5.41, 5.74) is 1.83. The highest BCUT2D eigenvalue weighted by Crippen LogP contribution is 2.22. The van der Waals surface area contributed by atoms with Crippen molar-refractivity contribution in [3.05, 3.63) is 65.5 Å². The Balaban J connectivity index is 2.10. The largest absolute Gasteiger partial charge is 0.497 e. The van der Waals surface area contributed by atoms with E-state index in [4.69, 9.17) is 4.74 Å². The van der Waals surface area contributed by atoms with Crippen molar-refractivity contribution >= 4 is 11.8 Å². The maximum atomic E-state index is 13.1. The van der Waals surface area contributed by atoms with Gasteiger partial charge in [0.15, 0.2) is 0 Å². The molecule has 0 radical (unpaired) electrons. The molecule has 0 saturated heterocycles. The quantitative estimate of drug-likeness (QED) is 0.762. The first-order valence-electron chi connectivity index (χ1n) is 8.40. The summed E-state index contributed by atoms with van der Waals surface area (Å²) in [4.78, 5) is 23.1. The summed E-state index contributed by atoms with van der Waals surface area (Å²) in [6.45, 7) is 1.69. The molecule has 0 bridgehead atoms. The Kier molecular flexibility index (Phi) is 7.14. The fourth-order valence-electron chi connectivity index (χ4n) is 2.56. The number of benzene rings is 2. The maximum absolute atomic E-state index is 13.1. The molecule has 2 N–H and O–H groups in total.